The van der Waals surface area contributed by atoms with E-state index >= 15 is 0 Å². The Bertz CT molecular complexity index is 320. The lowest BCUT2D eigenvalue weighted by molar-refractivity contribution is -0.128. The minimum atomic E-state index is -0.343. The summed E-state index contributed by atoms with van der Waals surface area (Å²) in [4.78, 5) is 11.7. The summed E-state index contributed by atoms with van der Waals surface area (Å²) in [6.45, 7) is 10.2. The number of rotatable bonds is 5. The lowest BCUT2D eigenvalue weighted by atomic mass is 9.80. The summed E-state index contributed by atoms with van der Waals surface area (Å²) in [5, 5.41) is 6.19. The van der Waals surface area contributed by atoms with Crippen LogP contribution in [-0.2, 0) is 4.79 Å². The Hall–Kier alpha value is -0.830. The first-order valence-corrected chi connectivity index (χ1v) is 6.98. The number of nitrogens with one attached hydrogen (secondary N) is 2. The van der Waals surface area contributed by atoms with Crippen LogP contribution in [-0.4, -0.2) is 26.0 Å². The second-order valence-electron chi connectivity index (χ2n) is 6.20. The number of carbonyl (C=O) groups excluding carboxylic acids is 1. The van der Waals surface area contributed by atoms with E-state index in [1.807, 2.05) is 13.8 Å². The molecule has 0 bridgehead atoms. The quantitative estimate of drug-likeness (QED) is 0.737. The van der Waals surface area contributed by atoms with Crippen molar-refractivity contribution in [2.75, 3.05) is 20.1 Å². The predicted octanol–water partition coefficient (Wildman–Crippen LogP) is 2.34. The minimum Gasteiger partial charge on any atom is -0.359 e. The minimum absolute atomic E-state index is 0.0963. The Morgan fingerprint density at radius 1 is 1.50 bits per heavy atom. The molecule has 1 rings (SSSR count). The molecule has 0 fully saturated rings. The smallest absolute Gasteiger partial charge is 0.226 e. The predicted molar refractivity (Wildman–Crippen MR) is 76.4 cm³/mol. The highest BCUT2D eigenvalue weighted by molar-refractivity contribution is 5.81. The Balaban J connectivity index is 2.44. The highest BCUT2D eigenvalue weighted by atomic mass is 16.2. The third kappa shape index (κ3) is 3.84. The van der Waals surface area contributed by atoms with Crippen molar-refractivity contribution in [3.8, 4) is 0 Å². The molecule has 2 atom stereocenters. The summed E-state index contributed by atoms with van der Waals surface area (Å²) >= 11 is 0. The highest BCUT2D eigenvalue weighted by Crippen LogP contribution is 2.29. The van der Waals surface area contributed by atoms with E-state index in [0.29, 0.717) is 5.92 Å². The highest BCUT2D eigenvalue weighted by Gasteiger charge is 2.27. The van der Waals surface area contributed by atoms with Crippen LogP contribution in [0.15, 0.2) is 11.6 Å². The van der Waals surface area contributed by atoms with E-state index in [2.05, 4.69) is 30.6 Å². The van der Waals surface area contributed by atoms with E-state index in [1.165, 1.54) is 18.4 Å². The molecule has 0 aromatic carbocycles. The van der Waals surface area contributed by atoms with Crippen molar-refractivity contribution in [3.63, 3.8) is 0 Å². The first kappa shape index (κ1) is 15.2. The van der Waals surface area contributed by atoms with Gasteiger partial charge in [-0.15, -0.1) is 0 Å². The van der Waals surface area contributed by atoms with Gasteiger partial charge in [-0.05, 0) is 45.4 Å². The number of allylic oxidation sites excluding steroid dienone is 1. The zero-order valence-electron chi connectivity index (χ0n) is 12.5. The van der Waals surface area contributed by atoms with Gasteiger partial charge in [0, 0.05) is 20.1 Å². The van der Waals surface area contributed by atoms with E-state index < -0.39 is 0 Å². The molecule has 2 N–H and O–H groups in total. The molecular formula is C15H28N2O. The summed E-state index contributed by atoms with van der Waals surface area (Å²) in [6, 6.07) is 0. The fourth-order valence-electron chi connectivity index (χ4n) is 2.70. The van der Waals surface area contributed by atoms with Crippen molar-refractivity contribution >= 4 is 5.91 Å². The molecule has 0 aromatic heterocycles. The standard InChI is InChI=1S/C15H28N2O/c1-11-7-6-8-12(2)13(11)9-17-10-15(3,4)14(18)16-5/h7,12-13,17H,6,8-10H2,1-5H3,(H,16,18)/t12-,13+/m0/s1. The molecule has 1 amide bonds. The lowest BCUT2D eigenvalue weighted by Gasteiger charge is -2.30. The molecule has 3 nitrogen and oxygen atoms in total. The van der Waals surface area contributed by atoms with Crippen LogP contribution in [0.1, 0.15) is 40.5 Å². The number of carbonyl (C=O) groups is 1. The molecule has 0 heterocycles. The molecular weight excluding hydrogens is 224 g/mol. The van der Waals surface area contributed by atoms with Crippen molar-refractivity contribution in [2.45, 2.75) is 40.5 Å². The van der Waals surface area contributed by atoms with Crippen LogP contribution < -0.4 is 10.6 Å². The van der Waals surface area contributed by atoms with E-state index in [-0.39, 0.29) is 11.3 Å². The molecule has 0 saturated carbocycles. The van der Waals surface area contributed by atoms with Gasteiger partial charge in [0.15, 0.2) is 0 Å². The maximum atomic E-state index is 11.7. The Morgan fingerprint density at radius 3 is 2.72 bits per heavy atom. The fourth-order valence-corrected chi connectivity index (χ4v) is 2.70. The fraction of sp³-hybridized carbons (Fsp3) is 0.800. The van der Waals surface area contributed by atoms with Crippen LogP contribution in [0, 0.1) is 17.3 Å². The lowest BCUT2D eigenvalue weighted by Crippen LogP contribution is -2.43. The largest absolute Gasteiger partial charge is 0.359 e. The van der Waals surface area contributed by atoms with Crippen LogP contribution in [0.3, 0.4) is 0 Å². The van der Waals surface area contributed by atoms with Crippen molar-refractivity contribution < 1.29 is 4.79 Å². The average Bonchev–Trinajstić information content (AvgIpc) is 2.31. The van der Waals surface area contributed by atoms with Crippen molar-refractivity contribution in [1.29, 1.82) is 0 Å². The molecule has 3 heteroatoms. The van der Waals surface area contributed by atoms with E-state index in [0.717, 1.165) is 19.0 Å². The number of hydrogen-bond acceptors (Lipinski definition) is 2. The Morgan fingerprint density at radius 2 is 2.17 bits per heavy atom. The molecule has 0 radical (unpaired) electrons. The van der Waals surface area contributed by atoms with Crippen molar-refractivity contribution in [2.24, 2.45) is 17.3 Å². The molecule has 1 aliphatic carbocycles. The van der Waals surface area contributed by atoms with Gasteiger partial charge in [-0.25, -0.2) is 0 Å². The molecule has 0 aromatic rings. The molecule has 1 aliphatic rings. The van der Waals surface area contributed by atoms with Gasteiger partial charge in [-0.2, -0.15) is 0 Å². The molecule has 104 valence electrons. The van der Waals surface area contributed by atoms with Crippen molar-refractivity contribution in [1.82, 2.24) is 10.6 Å². The van der Waals surface area contributed by atoms with E-state index in [4.69, 9.17) is 0 Å². The first-order valence-electron chi connectivity index (χ1n) is 6.98. The zero-order chi connectivity index (χ0) is 13.8. The van der Waals surface area contributed by atoms with Gasteiger partial charge in [0.25, 0.3) is 0 Å². The molecule has 18 heavy (non-hydrogen) atoms. The maximum absolute atomic E-state index is 11.7. The first-order chi connectivity index (χ1) is 8.38. The molecule has 0 saturated heterocycles. The van der Waals surface area contributed by atoms with Gasteiger partial charge in [0.1, 0.15) is 0 Å². The normalized spacial score (nSPS) is 24.6. The van der Waals surface area contributed by atoms with Gasteiger partial charge in [-0.3, -0.25) is 4.79 Å². The monoisotopic (exact) mass is 252 g/mol. The third-order valence-electron chi connectivity index (χ3n) is 4.13. The van der Waals surface area contributed by atoms with Gasteiger partial charge < -0.3 is 10.6 Å². The zero-order valence-corrected chi connectivity index (χ0v) is 12.5. The average molecular weight is 252 g/mol. The van der Waals surface area contributed by atoms with Crippen LogP contribution in [0.5, 0.6) is 0 Å². The molecule has 0 spiro atoms. The summed E-state index contributed by atoms with van der Waals surface area (Å²) in [5.74, 6) is 1.46. The van der Waals surface area contributed by atoms with Crippen LogP contribution >= 0.6 is 0 Å². The van der Waals surface area contributed by atoms with Crippen LogP contribution in [0.4, 0.5) is 0 Å². The summed E-state index contributed by atoms with van der Waals surface area (Å²) in [6.07, 6.45) is 4.85. The van der Waals surface area contributed by atoms with Crippen molar-refractivity contribution in [3.05, 3.63) is 11.6 Å². The molecule has 0 unspecified atom stereocenters. The Labute approximate surface area is 111 Å². The number of hydrogen-bond donors (Lipinski definition) is 2. The van der Waals surface area contributed by atoms with E-state index in [9.17, 15) is 4.79 Å². The summed E-state index contributed by atoms with van der Waals surface area (Å²) < 4.78 is 0. The third-order valence-corrected chi connectivity index (χ3v) is 4.13. The second kappa shape index (κ2) is 6.37. The number of amides is 1. The van der Waals surface area contributed by atoms with Crippen LogP contribution in [0.2, 0.25) is 0 Å². The Kier molecular flexibility index (Phi) is 5.39. The van der Waals surface area contributed by atoms with E-state index in [1.54, 1.807) is 7.05 Å². The molecule has 0 aliphatic heterocycles. The topological polar surface area (TPSA) is 41.1 Å². The van der Waals surface area contributed by atoms with Gasteiger partial charge in [-0.1, -0.05) is 18.6 Å². The van der Waals surface area contributed by atoms with Gasteiger partial charge in [0.2, 0.25) is 5.91 Å². The summed E-state index contributed by atoms with van der Waals surface area (Å²) in [5.41, 5.74) is 1.16. The van der Waals surface area contributed by atoms with Gasteiger partial charge in [0.05, 0.1) is 5.41 Å². The van der Waals surface area contributed by atoms with Crippen LogP contribution in [0.25, 0.3) is 0 Å². The van der Waals surface area contributed by atoms with Gasteiger partial charge >= 0.3 is 0 Å². The SMILES string of the molecule is CNC(=O)C(C)(C)CNC[C@@H]1C(C)=CCC[C@@H]1C. The summed E-state index contributed by atoms with van der Waals surface area (Å²) in [7, 11) is 1.69. The maximum Gasteiger partial charge on any atom is 0.226 e. The second-order valence-corrected chi connectivity index (χ2v) is 6.20.